The van der Waals surface area contributed by atoms with Crippen LogP contribution in [0.15, 0.2) is 39.2 Å². The first-order valence-electron chi connectivity index (χ1n) is 4.58. The van der Waals surface area contributed by atoms with Crippen molar-refractivity contribution in [2.24, 2.45) is 0 Å². The maximum Gasteiger partial charge on any atom is 0.291 e. The van der Waals surface area contributed by atoms with E-state index in [-0.39, 0.29) is 11.0 Å². The highest BCUT2D eigenvalue weighted by atomic mass is 79.9. The van der Waals surface area contributed by atoms with E-state index >= 15 is 0 Å². The smallest absolute Gasteiger partial charge is 0.291 e. The largest absolute Gasteiger partial charge is 0.440 e. The predicted molar refractivity (Wildman–Crippen MR) is 65.8 cm³/mol. The third-order valence-corrected chi connectivity index (χ3v) is 2.82. The first-order chi connectivity index (χ1) is 8.06. The highest BCUT2D eigenvalue weighted by molar-refractivity contribution is 9.10. The van der Waals surface area contributed by atoms with Gasteiger partial charge >= 0.3 is 0 Å². The molecule has 88 valence electrons. The maximum atomic E-state index is 13.2. The van der Waals surface area contributed by atoms with Crippen molar-refractivity contribution in [3.05, 3.63) is 51.6 Å². The van der Waals surface area contributed by atoms with Crippen LogP contribution in [0.5, 0.6) is 0 Å². The fourth-order valence-corrected chi connectivity index (χ4v) is 1.60. The summed E-state index contributed by atoms with van der Waals surface area (Å²) in [6, 6.07) is 7.16. The Morgan fingerprint density at radius 2 is 2.12 bits per heavy atom. The van der Waals surface area contributed by atoms with Crippen molar-refractivity contribution in [1.82, 2.24) is 0 Å². The lowest BCUT2D eigenvalue weighted by Crippen LogP contribution is -2.10. The van der Waals surface area contributed by atoms with Crippen LogP contribution in [0.25, 0.3) is 0 Å². The van der Waals surface area contributed by atoms with Crippen molar-refractivity contribution in [2.45, 2.75) is 0 Å². The third-order valence-electron chi connectivity index (χ3n) is 1.97. The second-order valence-electron chi connectivity index (χ2n) is 3.19. The lowest BCUT2D eigenvalue weighted by atomic mass is 10.3. The molecule has 6 heteroatoms. The van der Waals surface area contributed by atoms with Crippen LogP contribution in [0, 0.1) is 5.82 Å². The second kappa shape index (κ2) is 4.89. The molecule has 0 unspecified atom stereocenters. The van der Waals surface area contributed by atoms with E-state index in [1.165, 1.54) is 24.3 Å². The average molecular weight is 319 g/mol. The van der Waals surface area contributed by atoms with Crippen molar-refractivity contribution >= 4 is 39.1 Å². The number of furan rings is 1. The summed E-state index contributed by atoms with van der Waals surface area (Å²) >= 11 is 8.56. The van der Waals surface area contributed by atoms with Crippen LogP contribution < -0.4 is 5.32 Å². The summed E-state index contributed by atoms with van der Waals surface area (Å²) in [5.41, 5.74) is 0.336. The van der Waals surface area contributed by atoms with Gasteiger partial charge in [-0.15, -0.1) is 0 Å². The van der Waals surface area contributed by atoms with Crippen LogP contribution in [0.2, 0.25) is 5.22 Å². The zero-order valence-corrected chi connectivity index (χ0v) is 10.7. The van der Waals surface area contributed by atoms with Crippen LogP contribution >= 0.6 is 27.5 Å². The fourth-order valence-electron chi connectivity index (χ4n) is 1.20. The van der Waals surface area contributed by atoms with E-state index in [0.29, 0.717) is 10.2 Å². The molecule has 1 N–H and O–H groups in total. The van der Waals surface area contributed by atoms with Gasteiger partial charge < -0.3 is 9.73 Å². The summed E-state index contributed by atoms with van der Waals surface area (Å²) < 4.78 is 18.4. The molecule has 2 aromatic rings. The van der Waals surface area contributed by atoms with E-state index in [2.05, 4.69) is 21.2 Å². The Kier molecular flexibility index (Phi) is 3.49. The van der Waals surface area contributed by atoms with E-state index < -0.39 is 11.7 Å². The van der Waals surface area contributed by atoms with E-state index in [4.69, 9.17) is 16.0 Å². The number of hydrogen-bond donors (Lipinski definition) is 1. The molecule has 0 fully saturated rings. The van der Waals surface area contributed by atoms with Crippen LogP contribution in [-0.4, -0.2) is 5.91 Å². The van der Waals surface area contributed by atoms with Crippen molar-refractivity contribution in [2.75, 3.05) is 5.32 Å². The second-order valence-corrected chi connectivity index (χ2v) is 4.41. The number of anilines is 1. The Morgan fingerprint density at radius 3 is 2.71 bits per heavy atom. The summed E-state index contributed by atoms with van der Waals surface area (Å²) in [6.45, 7) is 0. The number of rotatable bonds is 2. The van der Waals surface area contributed by atoms with Gasteiger partial charge in [-0.25, -0.2) is 4.39 Å². The Balaban J connectivity index is 2.15. The van der Waals surface area contributed by atoms with Gasteiger partial charge in [0.15, 0.2) is 11.0 Å². The Morgan fingerprint density at radius 1 is 1.35 bits per heavy atom. The molecule has 17 heavy (non-hydrogen) atoms. The maximum absolute atomic E-state index is 13.2. The number of carbonyl (C=O) groups is 1. The molecular weight excluding hydrogens is 312 g/mol. The molecule has 3 nitrogen and oxygen atoms in total. The molecule has 2 rings (SSSR count). The van der Waals surface area contributed by atoms with E-state index in [0.717, 1.165) is 0 Å². The number of benzene rings is 1. The van der Waals surface area contributed by atoms with E-state index in [9.17, 15) is 9.18 Å². The Hall–Kier alpha value is -1.33. The van der Waals surface area contributed by atoms with Gasteiger partial charge in [-0.3, -0.25) is 4.79 Å². The number of nitrogens with one attached hydrogen (secondary N) is 1. The molecule has 0 radical (unpaired) electrons. The molecule has 1 aromatic carbocycles. The third kappa shape index (κ3) is 2.87. The summed E-state index contributed by atoms with van der Waals surface area (Å²) in [7, 11) is 0. The van der Waals surface area contributed by atoms with Gasteiger partial charge in [0.25, 0.3) is 5.91 Å². The van der Waals surface area contributed by atoms with Crippen molar-refractivity contribution in [3.8, 4) is 0 Å². The summed E-state index contributed by atoms with van der Waals surface area (Å²) in [4.78, 5) is 11.6. The molecule has 1 aromatic heterocycles. The van der Waals surface area contributed by atoms with Crippen molar-refractivity contribution in [1.29, 1.82) is 0 Å². The van der Waals surface area contributed by atoms with Gasteiger partial charge in [0.1, 0.15) is 5.82 Å². The molecule has 0 aliphatic carbocycles. The Labute approximate surface area is 110 Å². The molecule has 0 saturated heterocycles. The molecule has 0 aliphatic heterocycles. The fraction of sp³-hybridized carbons (Fsp3) is 0. The molecule has 0 bridgehead atoms. The summed E-state index contributed by atoms with van der Waals surface area (Å²) in [6.07, 6.45) is 0. The average Bonchev–Trinajstić information content (AvgIpc) is 2.70. The molecule has 1 amide bonds. The van der Waals surface area contributed by atoms with Gasteiger partial charge in [0.05, 0.1) is 4.47 Å². The minimum absolute atomic E-state index is 0.0679. The lowest BCUT2D eigenvalue weighted by Gasteiger charge is -2.03. The highest BCUT2D eigenvalue weighted by Crippen LogP contribution is 2.20. The molecular formula is C11H6BrClFNO2. The quantitative estimate of drug-likeness (QED) is 0.906. The number of amides is 1. The standard InChI is InChI=1S/C11H6BrClFNO2/c12-7-2-1-6(5-8(7)14)15-11(16)9-3-4-10(13)17-9/h1-5H,(H,15,16). The minimum atomic E-state index is -0.487. The van der Waals surface area contributed by atoms with Crippen LogP contribution in [0.4, 0.5) is 10.1 Å². The first-order valence-corrected chi connectivity index (χ1v) is 5.75. The molecule has 0 aliphatic rings. The van der Waals surface area contributed by atoms with Gasteiger partial charge in [-0.05, 0) is 57.9 Å². The van der Waals surface area contributed by atoms with Crippen LogP contribution in [-0.2, 0) is 0 Å². The molecule has 0 atom stereocenters. The molecule has 0 saturated carbocycles. The van der Waals surface area contributed by atoms with Gasteiger partial charge in [-0.1, -0.05) is 0 Å². The van der Waals surface area contributed by atoms with Gasteiger partial charge in [-0.2, -0.15) is 0 Å². The zero-order valence-electron chi connectivity index (χ0n) is 8.34. The topological polar surface area (TPSA) is 42.2 Å². The number of hydrogen-bond acceptors (Lipinski definition) is 2. The van der Waals surface area contributed by atoms with Crippen molar-refractivity contribution in [3.63, 3.8) is 0 Å². The van der Waals surface area contributed by atoms with E-state index in [1.54, 1.807) is 6.07 Å². The first kappa shape index (κ1) is 12.1. The SMILES string of the molecule is O=C(Nc1ccc(Br)c(F)c1)c1ccc(Cl)o1. The van der Waals surface area contributed by atoms with Crippen molar-refractivity contribution < 1.29 is 13.6 Å². The molecule has 1 heterocycles. The number of halogens is 3. The number of carbonyl (C=O) groups excluding carboxylic acids is 1. The molecule has 0 spiro atoms. The normalized spacial score (nSPS) is 10.3. The highest BCUT2D eigenvalue weighted by Gasteiger charge is 2.11. The van der Waals surface area contributed by atoms with Gasteiger partial charge in [0.2, 0.25) is 0 Å². The minimum Gasteiger partial charge on any atom is -0.440 e. The Bertz CT molecular complexity index is 570. The predicted octanol–water partition coefficient (Wildman–Crippen LogP) is 4.09. The lowest BCUT2D eigenvalue weighted by molar-refractivity contribution is 0.0997. The summed E-state index contributed by atoms with van der Waals surface area (Å²) in [5.74, 6) is -0.878. The van der Waals surface area contributed by atoms with Gasteiger partial charge in [0, 0.05) is 5.69 Å². The van der Waals surface area contributed by atoms with E-state index in [1.807, 2.05) is 0 Å². The zero-order chi connectivity index (χ0) is 12.4. The monoisotopic (exact) mass is 317 g/mol. The summed E-state index contributed by atoms with van der Waals surface area (Å²) in [5, 5.41) is 2.61. The van der Waals surface area contributed by atoms with Crippen LogP contribution in [0.1, 0.15) is 10.6 Å². The van der Waals surface area contributed by atoms with Crippen LogP contribution in [0.3, 0.4) is 0 Å².